The maximum Gasteiger partial charge on any atom is 0.344 e. The van der Waals surface area contributed by atoms with Gasteiger partial charge in [0, 0.05) is 17.0 Å². The highest BCUT2D eigenvalue weighted by molar-refractivity contribution is 8.00. The standard InChI is InChI=1S/C19H19N3O7S/c1-12(19(24)25)29-16-8-3-13(9-17(16)28-2)10-20-21-18(23)11-30-15-6-4-14(5-7-15)22(26)27/h3-10,12H,11H2,1-2H3,(H,21,23)(H,24,25)/b20-10-/t12-/m0/s1. The fourth-order valence-electron chi connectivity index (χ4n) is 2.13. The molecule has 1 amide bonds. The largest absolute Gasteiger partial charge is 0.493 e. The van der Waals surface area contributed by atoms with Gasteiger partial charge in [-0.3, -0.25) is 14.9 Å². The zero-order valence-corrected chi connectivity index (χ0v) is 16.9. The van der Waals surface area contributed by atoms with Crippen LogP contribution in [-0.2, 0) is 9.59 Å². The number of methoxy groups -OCH3 is 1. The highest BCUT2D eigenvalue weighted by Crippen LogP contribution is 2.28. The van der Waals surface area contributed by atoms with E-state index in [0.29, 0.717) is 11.3 Å². The molecule has 0 aliphatic heterocycles. The number of benzene rings is 2. The number of ether oxygens (including phenoxy) is 2. The number of aliphatic carboxylic acids is 1. The van der Waals surface area contributed by atoms with Gasteiger partial charge in [-0.2, -0.15) is 5.10 Å². The molecule has 0 aliphatic rings. The van der Waals surface area contributed by atoms with Crippen molar-refractivity contribution in [3.05, 3.63) is 58.1 Å². The first-order valence-electron chi connectivity index (χ1n) is 8.57. The number of thioether (sulfide) groups is 1. The highest BCUT2D eigenvalue weighted by atomic mass is 32.2. The van der Waals surface area contributed by atoms with Gasteiger partial charge in [0.1, 0.15) is 0 Å². The predicted molar refractivity (Wildman–Crippen MR) is 110 cm³/mol. The minimum Gasteiger partial charge on any atom is -0.493 e. The second-order valence-electron chi connectivity index (χ2n) is 5.84. The lowest BCUT2D eigenvalue weighted by atomic mass is 10.2. The highest BCUT2D eigenvalue weighted by Gasteiger charge is 2.15. The fourth-order valence-corrected chi connectivity index (χ4v) is 2.82. The Labute approximate surface area is 176 Å². The van der Waals surface area contributed by atoms with Crippen LogP contribution in [0.25, 0.3) is 0 Å². The first-order valence-corrected chi connectivity index (χ1v) is 9.55. The van der Waals surface area contributed by atoms with Crippen LogP contribution in [0.3, 0.4) is 0 Å². The van der Waals surface area contributed by atoms with Gasteiger partial charge in [0.2, 0.25) is 5.91 Å². The van der Waals surface area contributed by atoms with Crippen molar-refractivity contribution >= 4 is 35.5 Å². The smallest absolute Gasteiger partial charge is 0.344 e. The van der Waals surface area contributed by atoms with E-state index in [4.69, 9.17) is 14.6 Å². The molecular weight excluding hydrogens is 414 g/mol. The van der Waals surface area contributed by atoms with Gasteiger partial charge in [0.25, 0.3) is 5.69 Å². The first-order chi connectivity index (χ1) is 14.3. The number of hydrogen-bond acceptors (Lipinski definition) is 8. The van der Waals surface area contributed by atoms with Crippen LogP contribution in [0.5, 0.6) is 11.5 Å². The second kappa shape index (κ2) is 10.8. The fraction of sp³-hybridized carbons (Fsp3) is 0.211. The molecule has 0 bridgehead atoms. The number of nitrogens with one attached hydrogen (secondary N) is 1. The molecule has 0 unspecified atom stereocenters. The van der Waals surface area contributed by atoms with Gasteiger partial charge in [-0.05, 0) is 42.8 Å². The van der Waals surface area contributed by atoms with Crippen molar-refractivity contribution in [2.45, 2.75) is 17.9 Å². The zero-order valence-electron chi connectivity index (χ0n) is 16.1. The molecule has 2 aromatic carbocycles. The lowest BCUT2D eigenvalue weighted by Gasteiger charge is -2.13. The minimum absolute atomic E-state index is 0.0161. The average Bonchev–Trinajstić information content (AvgIpc) is 2.73. The molecule has 0 saturated carbocycles. The first kappa shape index (κ1) is 22.7. The summed E-state index contributed by atoms with van der Waals surface area (Å²) in [4.78, 5) is 33.7. The van der Waals surface area contributed by atoms with Gasteiger partial charge >= 0.3 is 5.97 Å². The van der Waals surface area contributed by atoms with Gasteiger partial charge in [-0.1, -0.05) is 0 Å². The molecule has 1 atom stereocenters. The van der Waals surface area contributed by atoms with Crippen molar-refractivity contribution in [2.24, 2.45) is 5.10 Å². The summed E-state index contributed by atoms with van der Waals surface area (Å²) >= 11 is 1.22. The summed E-state index contributed by atoms with van der Waals surface area (Å²) in [5.41, 5.74) is 2.97. The van der Waals surface area contributed by atoms with Crippen LogP contribution in [0.4, 0.5) is 5.69 Å². The van der Waals surface area contributed by atoms with Crippen molar-refractivity contribution in [1.82, 2.24) is 5.43 Å². The van der Waals surface area contributed by atoms with Gasteiger partial charge in [-0.15, -0.1) is 11.8 Å². The van der Waals surface area contributed by atoms with Gasteiger partial charge in [-0.25, -0.2) is 10.2 Å². The third-order valence-electron chi connectivity index (χ3n) is 3.66. The third kappa shape index (κ3) is 6.78. The summed E-state index contributed by atoms with van der Waals surface area (Å²) < 4.78 is 10.5. The van der Waals surface area contributed by atoms with Crippen LogP contribution in [-0.4, -0.2) is 47.1 Å². The van der Waals surface area contributed by atoms with E-state index in [-0.39, 0.29) is 23.1 Å². The number of carboxylic acid groups (broad SMARTS) is 1. The van der Waals surface area contributed by atoms with Crippen LogP contribution in [0.15, 0.2) is 52.5 Å². The van der Waals surface area contributed by atoms with Crippen LogP contribution in [0.2, 0.25) is 0 Å². The second-order valence-corrected chi connectivity index (χ2v) is 6.89. The maximum absolute atomic E-state index is 11.9. The number of rotatable bonds is 10. The zero-order chi connectivity index (χ0) is 22.1. The molecule has 0 spiro atoms. The number of non-ortho nitro benzene ring substituents is 1. The van der Waals surface area contributed by atoms with Crippen molar-refractivity contribution in [3.63, 3.8) is 0 Å². The van der Waals surface area contributed by atoms with Crippen LogP contribution in [0, 0.1) is 10.1 Å². The summed E-state index contributed by atoms with van der Waals surface area (Å²) in [6, 6.07) is 10.7. The van der Waals surface area contributed by atoms with Crippen molar-refractivity contribution < 1.29 is 29.1 Å². The normalized spacial score (nSPS) is 11.7. The van der Waals surface area contributed by atoms with Crippen LogP contribution in [0.1, 0.15) is 12.5 Å². The Morgan fingerprint density at radius 3 is 2.57 bits per heavy atom. The summed E-state index contributed by atoms with van der Waals surface area (Å²) in [6.07, 6.45) is 0.368. The molecular formula is C19H19N3O7S. The van der Waals surface area contributed by atoms with E-state index >= 15 is 0 Å². The molecule has 0 radical (unpaired) electrons. The molecule has 2 N–H and O–H groups in total. The molecule has 0 aliphatic carbocycles. The van der Waals surface area contributed by atoms with Gasteiger partial charge in [0.05, 0.1) is 24.0 Å². The molecule has 0 aromatic heterocycles. The summed E-state index contributed by atoms with van der Waals surface area (Å²) in [5, 5.41) is 23.4. The van der Waals surface area contributed by atoms with Gasteiger partial charge in [0.15, 0.2) is 17.6 Å². The minimum atomic E-state index is -1.10. The van der Waals surface area contributed by atoms with E-state index in [0.717, 1.165) is 4.90 Å². The number of carbonyl (C=O) groups excluding carboxylic acids is 1. The number of nitrogens with zero attached hydrogens (tertiary/aromatic N) is 2. The molecule has 0 fully saturated rings. The summed E-state index contributed by atoms with van der Waals surface area (Å²) in [6.45, 7) is 1.40. The van der Waals surface area contributed by atoms with Gasteiger partial charge < -0.3 is 14.6 Å². The van der Waals surface area contributed by atoms with E-state index in [1.807, 2.05) is 0 Å². The van der Waals surface area contributed by atoms with E-state index < -0.39 is 17.0 Å². The van der Waals surface area contributed by atoms with E-state index in [2.05, 4.69) is 10.5 Å². The summed E-state index contributed by atoms with van der Waals surface area (Å²) in [7, 11) is 1.42. The van der Waals surface area contributed by atoms with Crippen LogP contribution < -0.4 is 14.9 Å². The lowest BCUT2D eigenvalue weighted by Crippen LogP contribution is -2.23. The number of nitro benzene ring substituents is 1. The SMILES string of the molecule is COc1cc(/C=N\NC(=O)CSc2ccc([N+](=O)[O-])cc2)ccc1O[C@@H](C)C(=O)O. The van der Waals surface area contributed by atoms with E-state index in [1.165, 1.54) is 44.1 Å². The molecule has 11 heteroatoms. The molecule has 0 saturated heterocycles. The Bertz CT molecular complexity index is 948. The molecule has 2 rings (SSSR count). The van der Waals surface area contributed by atoms with E-state index in [1.54, 1.807) is 30.3 Å². The average molecular weight is 433 g/mol. The summed E-state index contributed by atoms with van der Waals surface area (Å²) in [5.74, 6) is -0.771. The topological polar surface area (TPSA) is 140 Å². The third-order valence-corrected chi connectivity index (χ3v) is 4.67. The number of hydrazone groups is 1. The van der Waals surface area contributed by atoms with Crippen molar-refractivity contribution in [2.75, 3.05) is 12.9 Å². The maximum atomic E-state index is 11.9. The quantitative estimate of drug-likeness (QED) is 0.252. The number of carbonyl (C=O) groups is 2. The molecule has 2 aromatic rings. The number of nitro groups is 1. The number of hydrogen-bond donors (Lipinski definition) is 2. The van der Waals surface area contributed by atoms with Crippen molar-refractivity contribution in [3.8, 4) is 11.5 Å². The monoisotopic (exact) mass is 433 g/mol. The van der Waals surface area contributed by atoms with E-state index in [9.17, 15) is 19.7 Å². The Kier molecular flexibility index (Phi) is 8.18. The Balaban J connectivity index is 1.88. The number of amides is 1. The predicted octanol–water partition coefficient (Wildman–Crippen LogP) is 2.70. The lowest BCUT2D eigenvalue weighted by molar-refractivity contribution is -0.384. The molecule has 0 heterocycles. The molecule has 30 heavy (non-hydrogen) atoms. The number of carboxylic acids is 1. The van der Waals surface area contributed by atoms with Crippen molar-refractivity contribution in [1.29, 1.82) is 0 Å². The molecule has 158 valence electrons. The Morgan fingerprint density at radius 2 is 1.97 bits per heavy atom. The Morgan fingerprint density at radius 1 is 1.27 bits per heavy atom. The molecule has 10 nitrogen and oxygen atoms in total. The van der Waals surface area contributed by atoms with Crippen LogP contribution >= 0.6 is 11.8 Å². The Hall–Kier alpha value is -3.60.